The van der Waals surface area contributed by atoms with Crippen LogP contribution in [0.2, 0.25) is 42.3 Å². The Morgan fingerprint density at radius 1 is 0.487 bits per heavy atom. The largest absolute Gasteiger partial charge is 0.262 e. The van der Waals surface area contributed by atoms with Crippen molar-refractivity contribution in [1.82, 2.24) is 0 Å². The van der Waals surface area contributed by atoms with Gasteiger partial charge in [0.25, 0.3) is 28.3 Å². The van der Waals surface area contributed by atoms with Crippen molar-refractivity contribution < 1.29 is 0 Å². The molecule has 0 aromatic heterocycles. The van der Waals surface area contributed by atoms with E-state index >= 15 is 0 Å². The highest BCUT2D eigenvalue weighted by atomic mass is 27.2. The molecule has 0 spiro atoms. The number of hydrogen-bond donors (Lipinski definition) is 0. The van der Waals surface area contributed by atoms with Gasteiger partial charge < -0.3 is 0 Å². The Bertz CT molecular complexity index is 457. The van der Waals surface area contributed by atoms with Crippen LogP contribution in [0.3, 0.4) is 0 Å². The number of hydrogen-bond acceptors (Lipinski definition) is 0. The van der Waals surface area contributed by atoms with Crippen LogP contribution in [0.1, 0.15) is 110 Å². The maximum absolute atomic E-state index is 3.56. The molecule has 0 N–H and O–H groups in total. The highest BCUT2D eigenvalue weighted by Crippen LogP contribution is 2.26. The Kier molecular flexibility index (Phi) is 33.3. The van der Waals surface area contributed by atoms with Crippen molar-refractivity contribution in [3.8, 4) is 0 Å². The smallest absolute Gasteiger partial charge is 0.103 e. The minimum atomic E-state index is -0.491. The molecule has 0 saturated heterocycles. The molecule has 0 aromatic carbocycles. The van der Waals surface area contributed by atoms with Crippen LogP contribution < -0.4 is 0 Å². The van der Waals surface area contributed by atoms with E-state index < -0.39 is 28.3 Å². The average molecular weight is 591 g/mol. The third-order valence-corrected chi connectivity index (χ3v) is 19.5. The Balaban J connectivity index is -0.000000703. The number of rotatable bonds is 20. The monoisotopic (exact) mass is 591 g/mol. The van der Waals surface area contributed by atoms with Gasteiger partial charge in [-0.3, -0.25) is 0 Å². The van der Waals surface area contributed by atoms with Gasteiger partial charge in [0.15, 0.2) is 0 Å². The standard InChI is InChI=1S/C6H12.C6H10.6C4H9.3Al.H/c2*1-4-6(3)5-2;6*1-4(2)3;;;;/h6H,1-2,4-5H2,3H3;4-6H,1-2H2,3H3;6*4H,1H2,2-3H3;;;;. The van der Waals surface area contributed by atoms with E-state index in [4.69, 9.17) is 0 Å². The van der Waals surface area contributed by atoms with Gasteiger partial charge in [0.2, 0.25) is 15.2 Å². The predicted octanol–water partition coefficient (Wildman–Crippen LogP) is 12.6. The van der Waals surface area contributed by atoms with Gasteiger partial charge in [0.1, 0.15) is 0 Å². The molecule has 0 radical (unpaired) electrons. The van der Waals surface area contributed by atoms with Crippen LogP contribution in [0.15, 0.2) is 25.3 Å². The summed E-state index contributed by atoms with van der Waals surface area (Å²) in [6.07, 6.45) is 6.77. The van der Waals surface area contributed by atoms with Gasteiger partial charge in [-0.05, 0) is 11.8 Å². The zero-order chi connectivity index (χ0) is 31.0. The third-order valence-electron chi connectivity index (χ3n) is 7.66. The van der Waals surface area contributed by atoms with E-state index in [0.29, 0.717) is 21.1 Å². The predicted molar refractivity (Wildman–Crippen MR) is 194 cm³/mol. The lowest BCUT2D eigenvalue weighted by atomic mass is 10.1. The molecule has 0 aromatic rings. The van der Waals surface area contributed by atoms with Gasteiger partial charge in [-0.2, -0.15) is 0 Å². The van der Waals surface area contributed by atoms with Gasteiger partial charge in [0, 0.05) is 0 Å². The maximum Gasteiger partial charge on any atom is 0.262 e. The molecule has 39 heavy (non-hydrogen) atoms. The van der Waals surface area contributed by atoms with E-state index in [-0.39, 0.29) is 0 Å². The first kappa shape index (κ1) is 44.5. The van der Waals surface area contributed by atoms with E-state index in [9.17, 15) is 0 Å². The molecule has 0 fully saturated rings. The molecular formula is C36H77Al3. The van der Waals surface area contributed by atoms with Crippen LogP contribution >= 0.6 is 0 Å². The Labute approximate surface area is 266 Å². The molecule has 0 heterocycles. The quantitative estimate of drug-likeness (QED) is 0.0977. The molecule has 0 aliphatic heterocycles. The number of allylic oxidation sites excluding steroid dienone is 2. The molecule has 0 atom stereocenters. The molecule has 3 heteroatoms. The molecular weight excluding hydrogens is 513 g/mol. The fourth-order valence-electron chi connectivity index (χ4n) is 5.55. The first-order chi connectivity index (χ1) is 18.0. The fraction of sp³-hybridized carbons (Fsp3) is 0.889. The van der Waals surface area contributed by atoms with E-state index in [1.807, 2.05) is 19.1 Å². The van der Waals surface area contributed by atoms with E-state index in [1.165, 1.54) is 23.4 Å². The summed E-state index contributed by atoms with van der Waals surface area (Å²) in [6.45, 7) is 40.4. The van der Waals surface area contributed by atoms with Crippen LogP contribution in [-0.2, 0) is 0 Å². The van der Waals surface area contributed by atoms with Crippen molar-refractivity contribution in [2.24, 2.45) is 47.3 Å². The summed E-state index contributed by atoms with van der Waals surface area (Å²) >= 11 is -0.665. The van der Waals surface area contributed by atoms with Gasteiger partial charge in [-0.15, -0.1) is 13.2 Å². The molecule has 0 bridgehead atoms. The summed E-state index contributed by atoms with van der Waals surface area (Å²) in [7, 11) is 0. The van der Waals surface area contributed by atoms with Crippen molar-refractivity contribution in [3.63, 3.8) is 0 Å². The molecule has 0 rings (SSSR count). The van der Waals surface area contributed by atoms with E-state index in [1.54, 1.807) is 31.7 Å². The van der Waals surface area contributed by atoms with Gasteiger partial charge in [-0.1, -0.05) is 200 Å². The minimum absolute atomic E-state index is 0.316. The molecule has 0 nitrogen and oxygen atoms in total. The fourth-order valence-corrected chi connectivity index (χ4v) is 16.2. The van der Waals surface area contributed by atoms with Crippen LogP contribution in [0.5, 0.6) is 0 Å². The van der Waals surface area contributed by atoms with Gasteiger partial charge in [-0.25, -0.2) is 0 Å². The van der Waals surface area contributed by atoms with E-state index in [2.05, 4.69) is 103 Å². The van der Waals surface area contributed by atoms with Gasteiger partial charge in [0.05, 0.1) is 0 Å². The highest BCUT2D eigenvalue weighted by Gasteiger charge is 2.23. The molecule has 230 valence electrons. The van der Waals surface area contributed by atoms with Crippen molar-refractivity contribution in [1.29, 1.82) is 0 Å². The zero-order valence-electron chi connectivity index (χ0n) is 30.1. The minimum Gasteiger partial charge on any atom is -0.103 e. The topological polar surface area (TPSA) is 0 Å². The van der Waals surface area contributed by atoms with Crippen LogP contribution in [0.4, 0.5) is 0 Å². The summed E-state index contributed by atoms with van der Waals surface area (Å²) in [5, 5.41) is 12.6. The lowest BCUT2D eigenvalue weighted by molar-refractivity contribution is 0.532. The van der Waals surface area contributed by atoms with Gasteiger partial charge >= 0.3 is 0 Å². The third kappa shape index (κ3) is 39.1. The summed E-state index contributed by atoms with van der Waals surface area (Å²) in [5.41, 5.74) is 0. The van der Waals surface area contributed by atoms with Crippen LogP contribution in [0, 0.1) is 47.3 Å². The van der Waals surface area contributed by atoms with Crippen LogP contribution in [0.25, 0.3) is 0 Å². The summed E-state index contributed by atoms with van der Waals surface area (Å²) in [4.78, 5) is 0. The van der Waals surface area contributed by atoms with Crippen molar-refractivity contribution in [3.05, 3.63) is 25.3 Å². The Hall–Kier alpha value is 1.08. The van der Waals surface area contributed by atoms with Crippen molar-refractivity contribution in [2.45, 2.75) is 152 Å². The summed E-state index contributed by atoms with van der Waals surface area (Å²) in [6, 6.07) is 0. The Morgan fingerprint density at radius 3 is 0.949 bits per heavy atom. The lowest BCUT2D eigenvalue weighted by Gasteiger charge is -2.21. The second-order valence-electron chi connectivity index (χ2n) is 15.6. The SMILES string of the molecule is C=CC(C)C=C.CC(C)[CH2][AlH][CH2]C(C)C.CC(C)[CH2][Al]([CH2]CC(C)C[CH2][Al]([CH2]C(C)C)[CH2]C(C)C)[CH2]C(C)C. The zero-order valence-corrected chi connectivity index (χ0v) is 33.8. The highest BCUT2D eigenvalue weighted by molar-refractivity contribution is 6.59. The second kappa shape index (κ2) is 29.2. The maximum atomic E-state index is 3.56. The van der Waals surface area contributed by atoms with Crippen LogP contribution in [-0.4, -0.2) is 43.5 Å². The molecule has 0 amide bonds. The average Bonchev–Trinajstić information content (AvgIpc) is 2.79. The summed E-state index contributed by atoms with van der Waals surface area (Å²) < 4.78 is 0. The summed E-state index contributed by atoms with van der Waals surface area (Å²) in [5.74, 6) is 7.04. The first-order valence-corrected chi connectivity index (χ1v) is 24.2. The molecule has 0 aliphatic rings. The first-order valence-electron chi connectivity index (χ1n) is 17.3. The molecule has 0 saturated carbocycles. The van der Waals surface area contributed by atoms with Crippen molar-refractivity contribution in [2.75, 3.05) is 0 Å². The Morgan fingerprint density at radius 2 is 0.769 bits per heavy atom. The molecule has 0 aliphatic carbocycles. The molecule has 0 unspecified atom stereocenters. The van der Waals surface area contributed by atoms with Crippen molar-refractivity contribution >= 4 is 43.5 Å². The second-order valence-corrected chi connectivity index (χ2v) is 23.9. The van der Waals surface area contributed by atoms with E-state index in [0.717, 1.165) is 41.4 Å². The lowest BCUT2D eigenvalue weighted by Crippen LogP contribution is -2.20. The normalized spacial score (nSPS) is 11.3.